The zero-order valence-corrected chi connectivity index (χ0v) is 12.7. The molecule has 0 amide bonds. The summed E-state index contributed by atoms with van der Waals surface area (Å²) in [6.45, 7) is 0.941. The van der Waals surface area contributed by atoms with Crippen molar-refractivity contribution < 1.29 is 13.2 Å². The van der Waals surface area contributed by atoms with Crippen molar-refractivity contribution in [1.82, 2.24) is 9.29 Å². The minimum Gasteiger partial charge on any atom is -0.383 e. The molecule has 0 aliphatic carbocycles. The lowest BCUT2D eigenvalue weighted by Gasteiger charge is -2.22. The van der Waals surface area contributed by atoms with Crippen LogP contribution in [-0.4, -0.2) is 38.0 Å². The van der Waals surface area contributed by atoms with Gasteiger partial charge in [-0.3, -0.25) is 4.98 Å². The Morgan fingerprint density at radius 3 is 2.38 bits per heavy atom. The highest BCUT2D eigenvalue weighted by Gasteiger charge is 2.24. The highest BCUT2D eigenvalue weighted by atomic mass is 32.2. The Bertz CT molecular complexity index is 645. The predicted molar refractivity (Wildman–Crippen MR) is 80.2 cm³/mol. The molecule has 0 N–H and O–H groups in total. The van der Waals surface area contributed by atoms with E-state index in [-0.39, 0.29) is 4.90 Å². The van der Waals surface area contributed by atoms with Crippen LogP contribution < -0.4 is 0 Å². The van der Waals surface area contributed by atoms with E-state index >= 15 is 0 Å². The summed E-state index contributed by atoms with van der Waals surface area (Å²) in [4.78, 5) is 4.23. The molecule has 0 spiro atoms. The molecule has 0 atom stereocenters. The molecule has 0 saturated heterocycles. The van der Waals surface area contributed by atoms with Crippen molar-refractivity contribution in [2.24, 2.45) is 0 Å². The number of pyridine rings is 1. The van der Waals surface area contributed by atoms with Crippen molar-refractivity contribution >= 4 is 10.0 Å². The Kier molecular flexibility index (Phi) is 5.44. The summed E-state index contributed by atoms with van der Waals surface area (Å²) in [6.07, 6.45) is 3.30. The fraction of sp³-hybridized carbons (Fsp3) is 0.267. The van der Waals surface area contributed by atoms with Crippen LogP contribution in [0.1, 0.15) is 5.56 Å². The topological polar surface area (TPSA) is 59.5 Å². The van der Waals surface area contributed by atoms with Crippen LogP contribution in [0.5, 0.6) is 0 Å². The first-order valence-corrected chi connectivity index (χ1v) is 8.01. The van der Waals surface area contributed by atoms with Gasteiger partial charge in [-0.15, -0.1) is 0 Å². The van der Waals surface area contributed by atoms with Crippen molar-refractivity contribution in [2.45, 2.75) is 11.4 Å². The predicted octanol–water partition coefficient (Wildman–Crippen LogP) is 1.92. The number of hydrogen-bond donors (Lipinski definition) is 0. The molecule has 112 valence electrons. The van der Waals surface area contributed by atoms with E-state index in [0.717, 1.165) is 5.56 Å². The zero-order chi connectivity index (χ0) is 15.1. The van der Waals surface area contributed by atoms with Gasteiger partial charge in [-0.05, 0) is 29.8 Å². The molecule has 1 aromatic heterocycles. The van der Waals surface area contributed by atoms with E-state index < -0.39 is 10.0 Å². The van der Waals surface area contributed by atoms with E-state index in [1.54, 1.807) is 62.0 Å². The molecule has 1 heterocycles. The molecule has 0 fully saturated rings. The van der Waals surface area contributed by atoms with Gasteiger partial charge in [0, 0.05) is 32.6 Å². The lowest BCUT2D eigenvalue weighted by atomic mass is 10.3. The number of rotatable bonds is 7. The fourth-order valence-corrected chi connectivity index (χ4v) is 3.34. The fourth-order valence-electron chi connectivity index (χ4n) is 1.91. The summed E-state index contributed by atoms with van der Waals surface area (Å²) in [5.41, 5.74) is 0.889. The highest BCUT2D eigenvalue weighted by Crippen LogP contribution is 2.17. The second kappa shape index (κ2) is 7.31. The van der Waals surface area contributed by atoms with E-state index in [0.29, 0.717) is 19.7 Å². The molecular weight excluding hydrogens is 288 g/mol. The minimum absolute atomic E-state index is 0.287. The molecule has 0 unspecified atom stereocenters. The molecule has 5 nitrogen and oxygen atoms in total. The largest absolute Gasteiger partial charge is 0.383 e. The Hall–Kier alpha value is -1.76. The number of sulfonamides is 1. The van der Waals surface area contributed by atoms with Gasteiger partial charge in [0.1, 0.15) is 0 Å². The molecule has 1 aromatic carbocycles. The highest BCUT2D eigenvalue weighted by molar-refractivity contribution is 7.89. The van der Waals surface area contributed by atoms with Gasteiger partial charge in [-0.2, -0.15) is 4.31 Å². The van der Waals surface area contributed by atoms with Crippen LogP contribution >= 0.6 is 0 Å². The molecule has 0 saturated carbocycles. The Balaban J connectivity index is 2.27. The minimum atomic E-state index is -3.54. The van der Waals surface area contributed by atoms with E-state index in [4.69, 9.17) is 4.74 Å². The maximum atomic E-state index is 12.7. The molecule has 0 aliphatic rings. The first-order chi connectivity index (χ1) is 10.1. The van der Waals surface area contributed by atoms with E-state index in [1.165, 1.54) is 4.31 Å². The Morgan fingerprint density at radius 2 is 1.76 bits per heavy atom. The van der Waals surface area contributed by atoms with Crippen LogP contribution in [0.25, 0.3) is 0 Å². The van der Waals surface area contributed by atoms with Gasteiger partial charge < -0.3 is 4.74 Å². The van der Waals surface area contributed by atoms with Crippen LogP contribution in [0.4, 0.5) is 0 Å². The second-order valence-electron chi connectivity index (χ2n) is 4.50. The van der Waals surface area contributed by atoms with Crippen LogP contribution in [-0.2, 0) is 21.3 Å². The zero-order valence-electron chi connectivity index (χ0n) is 11.8. The molecular formula is C15H18N2O3S. The first kappa shape index (κ1) is 15.6. The van der Waals surface area contributed by atoms with Crippen molar-refractivity contribution in [2.75, 3.05) is 20.3 Å². The van der Waals surface area contributed by atoms with Crippen LogP contribution in [0, 0.1) is 0 Å². The van der Waals surface area contributed by atoms with Gasteiger partial charge >= 0.3 is 0 Å². The molecule has 0 bridgehead atoms. The summed E-state index contributed by atoms with van der Waals surface area (Å²) < 4.78 is 31.8. The van der Waals surface area contributed by atoms with Crippen LogP contribution in [0.3, 0.4) is 0 Å². The van der Waals surface area contributed by atoms with Crippen molar-refractivity contribution in [3.05, 3.63) is 60.4 Å². The maximum Gasteiger partial charge on any atom is 0.243 e. The number of nitrogens with zero attached hydrogens (tertiary/aromatic N) is 2. The maximum absolute atomic E-state index is 12.7. The average molecular weight is 306 g/mol. The lowest BCUT2D eigenvalue weighted by Crippen LogP contribution is -2.33. The second-order valence-corrected chi connectivity index (χ2v) is 6.44. The third-order valence-corrected chi connectivity index (χ3v) is 4.89. The molecule has 2 rings (SSSR count). The van der Waals surface area contributed by atoms with E-state index in [9.17, 15) is 8.42 Å². The van der Waals surface area contributed by atoms with Crippen molar-refractivity contribution in [1.29, 1.82) is 0 Å². The molecule has 0 radical (unpaired) electrons. The first-order valence-electron chi connectivity index (χ1n) is 6.57. The van der Waals surface area contributed by atoms with Crippen LogP contribution in [0.15, 0.2) is 59.8 Å². The number of benzene rings is 1. The number of ether oxygens (including phenoxy) is 1. The molecule has 6 heteroatoms. The quantitative estimate of drug-likeness (QED) is 0.784. The van der Waals surface area contributed by atoms with Crippen molar-refractivity contribution in [3.8, 4) is 0 Å². The molecule has 0 aliphatic heterocycles. The molecule has 2 aromatic rings. The smallest absolute Gasteiger partial charge is 0.243 e. The SMILES string of the molecule is COCCN(Cc1ccncc1)S(=O)(=O)c1ccccc1. The lowest BCUT2D eigenvalue weighted by molar-refractivity contribution is 0.177. The average Bonchev–Trinajstić information content (AvgIpc) is 2.53. The summed E-state index contributed by atoms with van der Waals surface area (Å²) in [7, 11) is -1.98. The van der Waals surface area contributed by atoms with E-state index in [2.05, 4.69) is 4.98 Å². The summed E-state index contributed by atoms with van der Waals surface area (Å²) in [5, 5.41) is 0. The number of hydrogen-bond acceptors (Lipinski definition) is 4. The van der Waals surface area contributed by atoms with Gasteiger partial charge in [0.15, 0.2) is 0 Å². The van der Waals surface area contributed by atoms with Gasteiger partial charge in [-0.1, -0.05) is 18.2 Å². The Morgan fingerprint density at radius 1 is 1.10 bits per heavy atom. The normalized spacial score (nSPS) is 11.7. The van der Waals surface area contributed by atoms with Gasteiger partial charge in [0.25, 0.3) is 0 Å². The van der Waals surface area contributed by atoms with E-state index in [1.807, 2.05) is 0 Å². The number of aromatic nitrogens is 1. The number of methoxy groups -OCH3 is 1. The van der Waals surface area contributed by atoms with Gasteiger partial charge in [0.2, 0.25) is 10.0 Å². The van der Waals surface area contributed by atoms with Gasteiger partial charge in [0.05, 0.1) is 11.5 Å². The monoisotopic (exact) mass is 306 g/mol. The standard InChI is InChI=1S/C15H18N2O3S/c1-20-12-11-17(13-14-7-9-16-10-8-14)21(18,19)15-5-3-2-4-6-15/h2-10H,11-13H2,1H3. The van der Waals surface area contributed by atoms with Gasteiger partial charge in [-0.25, -0.2) is 8.42 Å². The Labute approximate surface area is 125 Å². The van der Waals surface area contributed by atoms with Crippen molar-refractivity contribution in [3.63, 3.8) is 0 Å². The summed E-state index contributed by atoms with van der Waals surface area (Å²) >= 11 is 0. The summed E-state index contributed by atoms with van der Waals surface area (Å²) in [5.74, 6) is 0. The summed E-state index contributed by atoms with van der Waals surface area (Å²) in [6, 6.07) is 12.0. The third-order valence-electron chi connectivity index (χ3n) is 3.03. The third kappa shape index (κ3) is 4.10. The van der Waals surface area contributed by atoms with Crippen LogP contribution in [0.2, 0.25) is 0 Å². The molecule has 21 heavy (non-hydrogen) atoms.